The second-order valence-electron chi connectivity index (χ2n) is 6.50. The van der Waals surface area contributed by atoms with Crippen molar-refractivity contribution in [3.8, 4) is 11.3 Å². The van der Waals surface area contributed by atoms with Crippen LogP contribution in [0.5, 0.6) is 0 Å². The molecule has 0 saturated carbocycles. The van der Waals surface area contributed by atoms with E-state index in [1.807, 2.05) is 35.7 Å². The number of carbonyl (C=O) groups excluding carboxylic acids is 1. The van der Waals surface area contributed by atoms with E-state index in [-0.39, 0.29) is 5.91 Å². The summed E-state index contributed by atoms with van der Waals surface area (Å²) >= 11 is 2.75. The largest absolute Gasteiger partial charge is 0.397 e. The van der Waals surface area contributed by atoms with Crippen LogP contribution in [0.4, 0.5) is 10.8 Å². The van der Waals surface area contributed by atoms with Gasteiger partial charge in [0.15, 0.2) is 5.13 Å². The Morgan fingerprint density at radius 1 is 1.15 bits per heavy atom. The average molecular weight is 393 g/mol. The quantitative estimate of drug-likeness (QED) is 0.527. The summed E-state index contributed by atoms with van der Waals surface area (Å²) < 4.78 is 0. The molecular weight excluding hydrogens is 376 g/mol. The van der Waals surface area contributed by atoms with Gasteiger partial charge < -0.3 is 5.73 Å². The van der Waals surface area contributed by atoms with Crippen molar-refractivity contribution in [2.24, 2.45) is 0 Å². The normalized spacial score (nSPS) is 13.0. The number of hydrogen-bond donors (Lipinski definition) is 2. The van der Waals surface area contributed by atoms with Gasteiger partial charge in [0.1, 0.15) is 9.71 Å². The number of benzene rings is 1. The zero-order valence-corrected chi connectivity index (χ0v) is 16.0. The van der Waals surface area contributed by atoms with Gasteiger partial charge in [-0.1, -0.05) is 30.3 Å². The third-order valence-electron chi connectivity index (χ3n) is 4.75. The number of hydrogen-bond acceptors (Lipinski definition) is 6. The van der Waals surface area contributed by atoms with Gasteiger partial charge in [-0.25, -0.2) is 9.97 Å². The van der Waals surface area contributed by atoms with Crippen molar-refractivity contribution < 1.29 is 4.79 Å². The molecule has 3 aromatic heterocycles. The molecule has 27 heavy (non-hydrogen) atoms. The summed E-state index contributed by atoms with van der Waals surface area (Å²) in [6.07, 6.45) is 3.18. The fourth-order valence-corrected chi connectivity index (χ4v) is 5.10. The predicted molar refractivity (Wildman–Crippen MR) is 112 cm³/mol. The maximum Gasteiger partial charge on any atom is 0.269 e. The highest BCUT2D eigenvalue weighted by Gasteiger charge is 2.21. The molecule has 0 bridgehead atoms. The number of amides is 1. The molecule has 7 heteroatoms. The van der Waals surface area contributed by atoms with Crippen LogP contribution in [0.1, 0.15) is 27.3 Å². The second kappa shape index (κ2) is 6.44. The number of carbonyl (C=O) groups is 1. The summed E-state index contributed by atoms with van der Waals surface area (Å²) in [6.45, 7) is 0. The lowest BCUT2D eigenvalue weighted by molar-refractivity contribution is 0.103. The summed E-state index contributed by atoms with van der Waals surface area (Å²) in [4.78, 5) is 23.3. The van der Waals surface area contributed by atoms with E-state index >= 15 is 0 Å². The first-order chi connectivity index (χ1) is 13.2. The van der Waals surface area contributed by atoms with Gasteiger partial charge in [-0.2, -0.15) is 0 Å². The Labute approximate surface area is 163 Å². The van der Waals surface area contributed by atoms with Crippen LogP contribution in [0.2, 0.25) is 0 Å². The molecular formula is C20H16N4OS2. The van der Waals surface area contributed by atoms with Gasteiger partial charge in [-0.15, -0.1) is 22.7 Å². The van der Waals surface area contributed by atoms with Crippen LogP contribution in [0.3, 0.4) is 0 Å². The maximum absolute atomic E-state index is 12.8. The van der Waals surface area contributed by atoms with E-state index in [4.69, 9.17) is 10.7 Å². The van der Waals surface area contributed by atoms with Crippen LogP contribution in [-0.4, -0.2) is 15.9 Å². The number of thiazole rings is 1. The SMILES string of the molecule is Nc1c(C(=O)Nc2nc(-c3ccccc3)cs2)sc2nc3c(cc12)CCC3. The molecule has 0 spiro atoms. The number of nitrogens with zero attached hydrogens (tertiary/aromatic N) is 2. The third kappa shape index (κ3) is 2.89. The summed E-state index contributed by atoms with van der Waals surface area (Å²) in [5.74, 6) is -0.232. The lowest BCUT2D eigenvalue weighted by atomic mass is 10.1. The first kappa shape index (κ1) is 16.4. The summed E-state index contributed by atoms with van der Waals surface area (Å²) in [5, 5.41) is 6.26. The molecule has 1 amide bonds. The van der Waals surface area contributed by atoms with Crippen molar-refractivity contribution >= 4 is 49.6 Å². The molecule has 3 heterocycles. The van der Waals surface area contributed by atoms with Crippen LogP contribution < -0.4 is 11.1 Å². The minimum atomic E-state index is -0.232. The Hall–Kier alpha value is -2.77. The highest BCUT2D eigenvalue weighted by atomic mass is 32.1. The molecule has 0 fully saturated rings. The van der Waals surface area contributed by atoms with Gasteiger partial charge in [-0.05, 0) is 30.9 Å². The van der Waals surface area contributed by atoms with Crippen molar-refractivity contribution in [2.75, 3.05) is 11.1 Å². The minimum absolute atomic E-state index is 0.232. The zero-order chi connectivity index (χ0) is 18.4. The van der Waals surface area contributed by atoms with E-state index in [2.05, 4.69) is 16.4 Å². The zero-order valence-electron chi connectivity index (χ0n) is 14.4. The van der Waals surface area contributed by atoms with Crippen LogP contribution in [0.25, 0.3) is 21.5 Å². The molecule has 1 aliphatic carbocycles. The van der Waals surface area contributed by atoms with Gasteiger partial charge in [0.25, 0.3) is 5.91 Å². The number of aromatic nitrogens is 2. The highest BCUT2D eigenvalue weighted by molar-refractivity contribution is 7.21. The number of aryl methyl sites for hydroxylation is 2. The smallest absolute Gasteiger partial charge is 0.269 e. The van der Waals surface area contributed by atoms with E-state index in [1.165, 1.54) is 28.2 Å². The molecule has 0 atom stereocenters. The molecule has 134 valence electrons. The second-order valence-corrected chi connectivity index (χ2v) is 8.36. The van der Waals surface area contributed by atoms with Gasteiger partial charge in [-0.3, -0.25) is 10.1 Å². The predicted octanol–water partition coefficient (Wildman–Crippen LogP) is 4.74. The molecule has 0 saturated heterocycles. The van der Waals surface area contributed by atoms with E-state index in [0.29, 0.717) is 15.7 Å². The van der Waals surface area contributed by atoms with Gasteiger partial charge in [0.2, 0.25) is 0 Å². The highest BCUT2D eigenvalue weighted by Crippen LogP contribution is 2.36. The number of nitrogen functional groups attached to an aromatic ring is 1. The molecule has 1 aliphatic rings. The lowest BCUT2D eigenvalue weighted by Crippen LogP contribution is -2.11. The molecule has 5 nitrogen and oxygen atoms in total. The number of anilines is 2. The van der Waals surface area contributed by atoms with E-state index in [1.54, 1.807) is 0 Å². The van der Waals surface area contributed by atoms with Crippen molar-refractivity contribution in [1.29, 1.82) is 0 Å². The van der Waals surface area contributed by atoms with Gasteiger partial charge in [0.05, 0.1) is 11.4 Å². The third-order valence-corrected chi connectivity index (χ3v) is 6.62. The topological polar surface area (TPSA) is 80.9 Å². The molecule has 0 unspecified atom stereocenters. The maximum atomic E-state index is 12.8. The Morgan fingerprint density at radius 3 is 2.85 bits per heavy atom. The first-order valence-corrected chi connectivity index (χ1v) is 10.4. The van der Waals surface area contributed by atoms with Crippen LogP contribution in [0, 0.1) is 0 Å². The number of nitrogens with one attached hydrogen (secondary N) is 1. The van der Waals surface area contributed by atoms with E-state index in [0.717, 1.165) is 46.4 Å². The number of nitrogens with two attached hydrogens (primary N) is 1. The fourth-order valence-electron chi connectivity index (χ4n) is 3.39. The molecule has 4 aromatic rings. The first-order valence-electron chi connectivity index (χ1n) is 8.72. The van der Waals surface area contributed by atoms with Crippen molar-refractivity contribution in [2.45, 2.75) is 19.3 Å². The molecule has 0 radical (unpaired) electrons. The Kier molecular flexibility index (Phi) is 3.91. The summed E-state index contributed by atoms with van der Waals surface area (Å²) in [7, 11) is 0. The van der Waals surface area contributed by atoms with Crippen molar-refractivity contribution in [1.82, 2.24) is 9.97 Å². The number of fused-ring (bicyclic) bond motifs is 2. The lowest BCUT2D eigenvalue weighted by Gasteiger charge is -2.01. The standard InChI is InChI=1S/C20H16N4OS2/c21-16-13-9-12-7-4-8-14(12)22-19(13)27-17(16)18(25)24-20-23-15(10-26-20)11-5-2-1-3-6-11/h1-3,5-6,9-10H,4,7-8,21H2,(H,23,24,25). The van der Waals surface area contributed by atoms with E-state index < -0.39 is 0 Å². The Bertz CT molecular complexity index is 1160. The van der Waals surface area contributed by atoms with Crippen molar-refractivity contribution in [3.63, 3.8) is 0 Å². The van der Waals surface area contributed by atoms with Gasteiger partial charge in [0, 0.05) is 22.0 Å². The fraction of sp³-hybridized carbons (Fsp3) is 0.150. The monoisotopic (exact) mass is 392 g/mol. The number of pyridine rings is 1. The molecule has 5 rings (SSSR count). The summed E-state index contributed by atoms with van der Waals surface area (Å²) in [5.41, 5.74) is 11.1. The van der Waals surface area contributed by atoms with E-state index in [9.17, 15) is 4.79 Å². The number of thiophene rings is 1. The van der Waals surface area contributed by atoms with Crippen LogP contribution >= 0.6 is 22.7 Å². The van der Waals surface area contributed by atoms with Gasteiger partial charge >= 0.3 is 0 Å². The Balaban J connectivity index is 1.43. The van der Waals surface area contributed by atoms with Crippen molar-refractivity contribution in [3.05, 3.63) is 57.9 Å². The minimum Gasteiger partial charge on any atom is -0.397 e. The average Bonchev–Trinajstić information content (AvgIpc) is 3.40. The Morgan fingerprint density at radius 2 is 2.00 bits per heavy atom. The van der Waals surface area contributed by atoms with Crippen LogP contribution in [-0.2, 0) is 12.8 Å². The number of rotatable bonds is 3. The van der Waals surface area contributed by atoms with Crippen LogP contribution in [0.15, 0.2) is 41.8 Å². The summed E-state index contributed by atoms with van der Waals surface area (Å²) in [6, 6.07) is 12.0. The molecule has 0 aliphatic heterocycles. The molecule has 1 aromatic carbocycles. The molecule has 3 N–H and O–H groups in total.